The molecule has 4 rings (SSSR count). The molecule has 1 aromatic heterocycles. The molecule has 3 heterocycles. The molecule has 0 spiro atoms. The third kappa shape index (κ3) is 2.50. The molecule has 0 radical (unpaired) electrons. The van der Waals surface area contributed by atoms with Crippen molar-refractivity contribution in [2.75, 3.05) is 7.11 Å². The molecule has 2 aromatic rings. The van der Waals surface area contributed by atoms with Gasteiger partial charge in [-0.15, -0.1) is 0 Å². The fraction of sp³-hybridized carbons (Fsp3) is 0.500. The third-order valence-corrected chi connectivity index (χ3v) is 7.06. The second-order valence-electron chi connectivity index (χ2n) is 6.37. The smallest absolute Gasteiger partial charge is 0.243 e. The zero-order chi connectivity index (χ0) is 16.7. The van der Waals surface area contributed by atoms with E-state index in [-0.39, 0.29) is 18.1 Å². The lowest BCUT2D eigenvalue weighted by molar-refractivity contribution is 0.174. The molecule has 0 amide bonds. The van der Waals surface area contributed by atoms with Crippen molar-refractivity contribution < 1.29 is 13.2 Å². The highest BCUT2D eigenvalue weighted by atomic mass is 32.2. The second kappa shape index (κ2) is 5.86. The fourth-order valence-corrected chi connectivity index (χ4v) is 5.86. The second-order valence-corrected chi connectivity index (χ2v) is 8.21. The third-order valence-electron chi connectivity index (χ3n) is 5.04. The molecule has 2 unspecified atom stereocenters. The first-order chi connectivity index (χ1) is 11.6. The maximum Gasteiger partial charge on any atom is 0.243 e. The number of sulfonamides is 1. The highest BCUT2D eigenvalue weighted by molar-refractivity contribution is 7.89. The summed E-state index contributed by atoms with van der Waals surface area (Å²) in [4.78, 5) is 2.05. The first-order valence-electron chi connectivity index (χ1n) is 8.13. The largest absolute Gasteiger partial charge is 0.497 e. The van der Waals surface area contributed by atoms with E-state index in [2.05, 4.69) is 10.2 Å². The van der Waals surface area contributed by atoms with Gasteiger partial charge in [-0.25, -0.2) is 8.42 Å². The highest BCUT2D eigenvalue weighted by Gasteiger charge is 2.47. The summed E-state index contributed by atoms with van der Waals surface area (Å²) in [5.41, 5.74) is 0. The van der Waals surface area contributed by atoms with E-state index in [1.807, 2.05) is 0 Å². The van der Waals surface area contributed by atoms with E-state index in [9.17, 15) is 8.42 Å². The van der Waals surface area contributed by atoms with E-state index >= 15 is 0 Å². The summed E-state index contributed by atoms with van der Waals surface area (Å²) in [7, 11) is -1.92. The molecule has 128 valence electrons. The Bertz CT molecular complexity index is 790. The molecule has 2 saturated heterocycles. The molecule has 8 heteroatoms. The molecule has 0 saturated carbocycles. The number of benzene rings is 1. The van der Waals surface area contributed by atoms with Gasteiger partial charge in [0, 0.05) is 12.1 Å². The normalized spacial score (nSPS) is 27.3. The van der Waals surface area contributed by atoms with Crippen LogP contribution in [0.5, 0.6) is 5.75 Å². The van der Waals surface area contributed by atoms with Gasteiger partial charge in [-0.2, -0.15) is 19.3 Å². The Morgan fingerprint density at radius 3 is 2.12 bits per heavy atom. The van der Waals surface area contributed by atoms with Gasteiger partial charge in [-0.1, -0.05) is 0 Å². The molecule has 2 atom stereocenters. The summed E-state index contributed by atoms with van der Waals surface area (Å²) in [5, 5.41) is 8.45. The quantitative estimate of drug-likeness (QED) is 0.843. The van der Waals surface area contributed by atoms with Gasteiger partial charge < -0.3 is 4.74 Å². The van der Waals surface area contributed by atoms with Crippen LogP contribution in [0.2, 0.25) is 0 Å². The number of hydrogen-bond acceptors (Lipinski definition) is 5. The van der Waals surface area contributed by atoms with Gasteiger partial charge in [0.25, 0.3) is 0 Å². The van der Waals surface area contributed by atoms with Crippen molar-refractivity contribution in [3.8, 4) is 5.75 Å². The summed E-state index contributed by atoms with van der Waals surface area (Å²) >= 11 is 0. The van der Waals surface area contributed by atoms with Gasteiger partial charge >= 0.3 is 0 Å². The predicted molar refractivity (Wildman–Crippen MR) is 87.1 cm³/mol. The highest BCUT2D eigenvalue weighted by Crippen LogP contribution is 2.43. The van der Waals surface area contributed by atoms with Gasteiger partial charge in [-0.3, -0.25) is 0 Å². The minimum absolute atomic E-state index is 0.0202. The Labute approximate surface area is 141 Å². The molecule has 1 aromatic carbocycles. The fourth-order valence-electron chi connectivity index (χ4n) is 3.97. The Morgan fingerprint density at radius 1 is 1.00 bits per heavy atom. The first-order valence-corrected chi connectivity index (χ1v) is 9.57. The Morgan fingerprint density at radius 2 is 1.58 bits per heavy atom. The molecule has 2 aliphatic heterocycles. The lowest BCUT2D eigenvalue weighted by atomic mass is 10.0. The molecular weight excluding hydrogens is 328 g/mol. The maximum atomic E-state index is 13.1. The molecule has 7 nitrogen and oxygen atoms in total. The molecule has 0 aliphatic carbocycles. The van der Waals surface area contributed by atoms with Crippen LogP contribution in [0.1, 0.15) is 31.7 Å². The van der Waals surface area contributed by atoms with E-state index in [0.717, 1.165) is 25.7 Å². The van der Waals surface area contributed by atoms with Crippen molar-refractivity contribution in [1.29, 1.82) is 0 Å². The van der Waals surface area contributed by atoms with Crippen LogP contribution in [0.4, 0.5) is 0 Å². The Kier molecular flexibility index (Phi) is 3.80. The van der Waals surface area contributed by atoms with Gasteiger partial charge in [-0.05, 0) is 49.9 Å². The number of piperidine rings is 1. The number of rotatable bonds is 4. The van der Waals surface area contributed by atoms with E-state index in [4.69, 9.17) is 4.74 Å². The van der Waals surface area contributed by atoms with E-state index in [0.29, 0.717) is 10.6 Å². The minimum atomic E-state index is -3.49. The summed E-state index contributed by atoms with van der Waals surface area (Å²) in [6.45, 7) is 0. The molecule has 0 N–H and O–H groups in total. The zero-order valence-corrected chi connectivity index (χ0v) is 14.3. The van der Waals surface area contributed by atoms with Gasteiger partial charge in [0.1, 0.15) is 5.75 Å². The molecular formula is C16H20N4O3S. The van der Waals surface area contributed by atoms with E-state index < -0.39 is 10.0 Å². The van der Waals surface area contributed by atoms with Gasteiger partial charge in [0.15, 0.2) is 0 Å². The Balaban J connectivity index is 1.60. The van der Waals surface area contributed by atoms with Gasteiger partial charge in [0.2, 0.25) is 10.0 Å². The zero-order valence-electron chi connectivity index (χ0n) is 13.4. The molecule has 2 bridgehead atoms. The number of hydrogen-bond donors (Lipinski definition) is 0. The average Bonchev–Trinajstić information content (AvgIpc) is 3.22. The summed E-state index contributed by atoms with van der Waals surface area (Å²) < 4.78 is 33.0. The van der Waals surface area contributed by atoms with Crippen LogP contribution < -0.4 is 4.74 Å². The summed E-state index contributed by atoms with van der Waals surface area (Å²) in [6, 6.07) is 6.84. The standard InChI is InChI=1S/C16H20N4O3S/c1-23-15-4-6-16(7-5-15)24(21,22)19-12-2-3-13(19)11-14(10-12)20-17-8-9-18-20/h4-9,12-14H,2-3,10-11H2,1H3. The van der Waals surface area contributed by atoms with Crippen LogP contribution in [0.25, 0.3) is 0 Å². The summed E-state index contributed by atoms with van der Waals surface area (Å²) in [6.07, 6.45) is 6.67. The maximum absolute atomic E-state index is 13.1. The average molecular weight is 348 g/mol. The number of aromatic nitrogens is 3. The van der Waals surface area contributed by atoms with Crippen molar-refractivity contribution >= 4 is 10.0 Å². The van der Waals surface area contributed by atoms with E-state index in [1.165, 1.54) is 0 Å². The van der Waals surface area contributed by atoms with Crippen LogP contribution in [-0.2, 0) is 10.0 Å². The lowest BCUT2D eigenvalue weighted by Gasteiger charge is -2.37. The number of fused-ring (bicyclic) bond motifs is 2. The monoisotopic (exact) mass is 348 g/mol. The summed E-state index contributed by atoms with van der Waals surface area (Å²) in [5.74, 6) is 0.653. The first kappa shape index (κ1) is 15.6. The number of methoxy groups -OCH3 is 1. The van der Waals surface area contributed by atoms with Crippen LogP contribution in [0, 0.1) is 0 Å². The van der Waals surface area contributed by atoms with Crippen LogP contribution in [0.3, 0.4) is 0 Å². The van der Waals surface area contributed by atoms with Crippen molar-refractivity contribution in [2.24, 2.45) is 0 Å². The lowest BCUT2D eigenvalue weighted by Crippen LogP contribution is -2.47. The van der Waals surface area contributed by atoms with Crippen molar-refractivity contribution in [3.63, 3.8) is 0 Å². The van der Waals surface area contributed by atoms with Crippen LogP contribution in [0.15, 0.2) is 41.6 Å². The van der Waals surface area contributed by atoms with Gasteiger partial charge in [0.05, 0.1) is 30.4 Å². The Hall–Kier alpha value is -1.93. The minimum Gasteiger partial charge on any atom is -0.497 e. The number of nitrogens with zero attached hydrogens (tertiary/aromatic N) is 4. The van der Waals surface area contributed by atoms with E-state index in [1.54, 1.807) is 52.9 Å². The van der Waals surface area contributed by atoms with Crippen LogP contribution >= 0.6 is 0 Å². The van der Waals surface area contributed by atoms with Crippen molar-refractivity contribution in [2.45, 2.75) is 48.7 Å². The molecule has 2 fully saturated rings. The number of ether oxygens (including phenoxy) is 1. The molecule has 24 heavy (non-hydrogen) atoms. The topological polar surface area (TPSA) is 77.3 Å². The van der Waals surface area contributed by atoms with Crippen molar-refractivity contribution in [3.05, 3.63) is 36.7 Å². The SMILES string of the molecule is COc1ccc(S(=O)(=O)N2C3CCC2CC(n2nccn2)C3)cc1. The van der Waals surface area contributed by atoms with Crippen LogP contribution in [-0.4, -0.2) is 46.9 Å². The predicted octanol–water partition coefficient (Wildman–Crippen LogP) is 1.84. The van der Waals surface area contributed by atoms with Crippen molar-refractivity contribution in [1.82, 2.24) is 19.3 Å². The molecule has 2 aliphatic rings.